The second-order valence-electron chi connectivity index (χ2n) is 9.94. The van der Waals surface area contributed by atoms with Crippen molar-refractivity contribution < 1.29 is 74.4 Å². The standard InChI is InChI=1S/C19H29F14N2O2S/c1-35(2,3)9-6-8-34-38(36,37)10-5-4-7-13(11-14(20,16(22,23)24)17(25,26)27)12-15(21,18(28,29)30)19(31,32)33/h13,34H,4-12H2,1-3H3/q+1. The molecule has 0 spiro atoms. The minimum Gasteiger partial charge on any atom is -0.331 e. The van der Waals surface area contributed by atoms with Crippen molar-refractivity contribution in [3.05, 3.63) is 0 Å². The quantitative estimate of drug-likeness (QED) is 0.143. The first kappa shape index (κ1) is 36.9. The predicted octanol–water partition coefficient (Wildman–Crippen LogP) is 6.23. The van der Waals surface area contributed by atoms with Gasteiger partial charge < -0.3 is 4.48 Å². The minimum atomic E-state index is -6.81. The molecule has 230 valence electrons. The summed E-state index contributed by atoms with van der Waals surface area (Å²) in [6.07, 6.45) is -35.7. The van der Waals surface area contributed by atoms with Gasteiger partial charge in [0, 0.05) is 25.8 Å². The molecule has 0 unspecified atom stereocenters. The Morgan fingerprint density at radius 2 is 1.00 bits per heavy atom. The van der Waals surface area contributed by atoms with Crippen LogP contribution in [0.4, 0.5) is 61.5 Å². The van der Waals surface area contributed by atoms with Gasteiger partial charge in [-0.25, -0.2) is 21.9 Å². The molecule has 4 nitrogen and oxygen atoms in total. The fourth-order valence-electron chi connectivity index (χ4n) is 3.43. The maximum atomic E-state index is 14.1. The molecule has 0 bridgehead atoms. The molecule has 0 aromatic carbocycles. The Morgan fingerprint density at radius 1 is 0.632 bits per heavy atom. The summed E-state index contributed by atoms with van der Waals surface area (Å²) in [4.78, 5) is 0. The van der Waals surface area contributed by atoms with E-state index in [1.807, 2.05) is 0 Å². The molecule has 38 heavy (non-hydrogen) atoms. The summed E-state index contributed by atoms with van der Waals surface area (Å²) < 4.78 is 210. The predicted molar refractivity (Wildman–Crippen MR) is 108 cm³/mol. The smallest absolute Gasteiger partial charge is 0.331 e. The first-order chi connectivity index (χ1) is 16.5. The van der Waals surface area contributed by atoms with E-state index in [4.69, 9.17) is 0 Å². The molecule has 19 heteroatoms. The summed E-state index contributed by atoms with van der Waals surface area (Å²) in [5.41, 5.74) is -12.5. The number of nitrogens with zero attached hydrogens (tertiary/aromatic N) is 1. The molecule has 1 N–H and O–H groups in total. The molecule has 0 rings (SSSR count). The van der Waals surface area contributed by atoms with Gasteiger partial charge in [-0.05, 0) is 12.3 Å². The lowest BCUT2D eigenvalue weighted by atomic mass is 9.80. The number of hydrogen-bond acceptors (Lipinski definition) is 2. The molecular formula is C19H29F14N2O2S+. The third-order valence-electron chi connectivity index (χ3n) is 5.54. The molecule has 0 heterocycles. The third kappa shape index (κ3) is 10.5. The molecule has 0 radical (unpaired) electrons. The van der Waals surface area contributed by atoms with Crippen LogP contribution in [-0.2, 0) is 10.0 Å². The average Bonchev–Trinajstić information content (AvgIpc) is 2.64. The summed E-state index contributed by atoms with van der Waals surface area (Å²) in [6, 6.07) is 0. The zero-order chi connectivity index (χ0) is 30.6. The maximum Gasteiger partial charge on any atom is 0.431 e. The van der Waals surface area contributed by atoms with Gasteiger partial charge in [0.25, 0.3) is 11.3 Å². The van der Waals surface area contributed by atoms with E-state index in [2.05, 4.69) is 4.72 Å². The molecule has 0 aliphatic carbocycles. The number of sulfonamides is 1. The van der Waals surface area contributed by atoms with E-state index in [1.165, 1.54) is 0 Å². The first-order valence-corrected chi connectivity index (χ1v) is 12.6. The fraction of sp³-hybridized carbons (Fsp3) is 1.00. The lowest BCUT2D eigenvalue weighted by molar-refractivity contribution is -0.870. The van der Waals surface area contributed by atoms with E-state index in [9.17, 15) is 69.9 Å². The number of quaternary nitrogens is 1. The van der Waals surface area contributed by atoms with Crippen LogP contribution in [0.1, 0.15) is 38.5 Å². The van der Waals surface area contributed by atoms with Crippen molar-refractivity contribution in [2.24, 2.45) is 5.92 Å². The van der Waals surface area contributed by atoms with Gasteiger partial charge in [0.15, 0.2) is 0 Å². The Hall–Kier alpha value is -1.11. The van der Waals surface area contributed by atoms with Crippen molar-refractivity contribution in [2.45, 2.75) is 74.6 Å². The molecule has 0 aromatic rings. The second kappa shape index (κ2) is 12.2. The summed E-state index contributed by atoms with van der Waals surface area (Å²) in [5.74, 6) is -3.93. The maximum absolute atomic E-state index is 14.1. The summed E-state index contributed by atoms with van der Waals surface area (Å²) in [7, 11) is 1.33. The Balaban J connectivity index is 5.75. The number of hydrogen-bond donors (Lipinski definition) is 1. The molecule has 0 aromatic heterocycles. The highest BCUT2D eigenvalue weighted by molar-refractivity contribution is 7.89. The van der Waals surface area contributed by atoms with Gasteiger partial charge in [0.2, 0.25) is 10.0 Å². The van der Waals surface area contributed by atoms with E-state index in [1.54, 1.807) is 21.1 Å². The Bertz CT molecular complexity index is 774. The van der Waals surface area contributed by atoms with E-state index < -0.39 is 89.8 Å². The van der Waals surface area contributed by atoms with Crippen molar-refractivity contribution in [2.75, 3.05) is 40.0 Å². The highest BCUT2D eigenvalue weighted by atomic mass is 32.2. The van der Waals surface area contributed by atoms with Crippen LogP contribution < -0.4 is 4.72 Å². The summed E-state index contributed by atoms with van der Waals surface area (Å²) >= 11 is 0. The molecule has 0 saturated heterocycles. The van der Waals surface area contributed by atoms with Crippen molar-refractivity contribution in [3.63, 3.8) is 0 Å². The van der Waals surface area contributed by atoms with Gasteiger partial charge >= 0.3 is 24.7 Å². The van der Waals surface area contributed by atoms with Crippen molar-refractivity contribution in [1.29, 1.82) is 0 Å². The number of rotatable bonds is 14. The number of unbranched alkanes of at least 4 members (excludes halogenated alkanes) is 1. The van der Waals surface area contributed by atoms with Crippen LogP contribution in [0.3, 0.4) is 0 Å². The number of halogens is 14. The highest BCUT2D eigenvalue weighted by Crippen LogP contribution is 2.55. The van der Waals surface area contributed by atoms with Crippen LogP contribution in [0.25, 0.3) is 0 Å². The van der Waals surface area contributed by atoms with Crippen molar-refractivity contribution in [1.82, 2.24) is 4.72 Å². The minimum absolute atomic E-state index is 0.0659. The second-order valence-corrected chi connectivity index (χ2v) is 11.9. The van der Waals surface area contributed by atoms with E-state index in [-0.39, 0.29) is 6.54 Å². The fourth-order valence-corrected chi connectivity index (χ4v) is 4.62. The summed E-state index contributed by atoms with van der Waals surface area (Å²) in [5, 5.41) is 0. The SMILES string of the molecule is C[N+](C)(C)CCCNS(=O)(=O)CCCCC(CC(F)(C(F)(F)F)C(F)(F)F)CC(F)(C(F)(F)F)C(F)(F)F. The van der Waals surface area contributed by atoms with Gasteiger partial charge in [0.05, 0.1) is 33.4 Å². The molecule has 0 saturated carbocycles. The van der Waals surface area contributed by atoms with Gasteiger partial charge in [-0.15, -0.1) is 0 Å². The lowest BCUT2D eigenvalue weighted by Crippen LogP contribution is -2.57. The van der Waals surface area contributed by atoms with Crippen LogP contribution in [0.15, 0.2) is 0 Å². The zero-order valence-corrected chi connectivity index (χ0v) is 21.2. The van der Waals surface area contributed by atoms with Gasteiger partial charge in [0.1, 0.15) is 0 Å². The third-order valence-corrected chi connectivity index (χ3v) is 7.01. The topological polar surface area (TPSA) is 46.2 Å². The Morgan fingerprint density at radius 3 is 1.32 bits per heavy atom. The molecule has 0 amide bonds. The normalized spacial score (nSPS) is 15.4. The van der Waals surface area contributed by atoms with Crippen LogP contribution >= 0.6 is 0 Å². The van der Waals surface area contributed by atoms with Crippen LogP contribution in [-0.4, -0.2) is 88.9 Å². The zero-order valence-electron chi connectivity index (χ0n) is 20.4. The van der Waals surface area contributed by atoms with Crippen LogP contribution in [0.2, 0.25) is 0 Å². The van der Waals surface area contributed by atoms with E-state index >= 15 is 0 Å². The average molecular weight is 615 g/mol. The van der Waals surface area contributed by atoms with Gasteiger partial charge in [-0.2, -0.15) is 52.7 Å². The molecular weight excluding hydrogens is 586 g/mol. The van der Waals surface area contributed by atoms with Crippen molar-refractivity contribution >= 4 is 10.0 Å². The Labute approximate surface area is 210 Å². The molecule has 0 fully saturated rings. The van der Waals surface area contributed by atoms with Crippen LogP contribution in [0, 0.1) is 5.92 Å². The largest absolute Gasteiger partial charge is 0.431 e. The monoisotopic (exact) mass is 615 g/mol. The Kier molecular flexibility index (Phi) is 11.8. The number of nitrogens with one attached hydrogen (secondary N) is 1. The highest BCUT2D eigenvalue weighted by Gasteiger charge is 2.75. The van der Waals surface area contributed by atoms with Crippen LogP contribution in [0.5, 0.6) is 0 Å². The first-order valence-electron chi connectivity index (χ1n) is 10.9. The van der Waals surface area contributed by atoms with E-state index in [0.29, 0.717) is 17.4 Å². The molecule has 0 atom stereocenters. The molecule has 0 aliphatic rings. The number of alkyl halides is 14. The lowest BCUT2D eigenvalue weighted by Gasteiger charge is -2.37. The summed E-state index contributed by atoms with van der Waals surface area (Å²) in [6.45, 7) is 0.459. The molecule has 0 aliphatic heterocycles. The van der Waals surface area contributed by atoms with Crippen molar-refractivity contribution in [3.8, 4) is 0 Å². The van der Waals surface area contributed by atoms with E-state index in [0.717, 1.165) is 0 Å². The van der Waals surface area contributed by atoms with Gasteiger partial charge in [-0.3, -0.25) is 0 Å². The van der Waals surface area contributed by atoms with Gasteiger partial charge in [-0.1, -0.05) is 12.8 Å².